The van der Waals surface area contributed by atoms with Crippen molar-refractivity contribution in [1.82, 2.24) is 20.3 Å². The first-order valence-electron chi connectivity index (χ1n) is 6.96. The summed E-state index contributed by atoms with van der Waals surface area (Å²) in [5, 5.41) is 12.7. The van der Waals surface area contributed by atoms with Gasteiger partial charge < -0.3 is 5.32 Å². The minimum atomic E-state index is 0.187. The Hall–Kier alpha value is -1.39. The molecule has 1 aromatic carbocycles. The SMILES string of the molecule is CCCNC(C)c1nnn(-c2cc(C)ccc2Cl)c1C. The van der Waals surface area contributed by atoms with Crippen molar-refractivity contribution in [3.63, 3.8) is 0 Å². The summed E-state index contributed by atoms with van der Waals surface area (Å²) >= 11 is 6.27. The quantitative estimate of drug-likeness (QED) is 0.915. The van der Waals surface area contributed by atoms with Crippen LogP contribution in [0.5, 0.6) is 0 Å². The fourth-order valence-corrected chi connectivity index (χ4v) is 2.41. The predicted octanol–water partition coefficient (Wildman–Crippen LogP) is 3.60. The number of rotatable bonds is 5. The Bertz CT molecular complexity index is 592. The molecular formula is C15H21ClN4. The van der Waals surface area contributed by atoms with Crippen LogP contribution in [0.4, 0.5) is 0 Å². The van der Waals surface area contributed by atoms with Gasteiger partial charge in [0.2, 0.25) is 0 Å². The summed E-state index contributed by atoms with van der Waals surface area (Å²) in [7, 11) is 0. The summed E-state index contributed by atoms with van der Waals surface area (Å²) in [5.74, 6) is 0. The first kappa shape index (κ1) is 15.0. The molecule has 1 heterocycles. The molecule has 0 aliphatic heterocycles. The Balaban J connectivity index is 2.35. The molecule has 0 spiro atoms. The van der Waals surface area contributed by atoms with E-state index < -0.39 is 0 Å². The average Bonchev–Trinajstić information content (AvgIpc) is 2.80. The maximum absolute atomic E-state index is 6.27. The van der Waals surface area contributed by atoms with Crippen LogP contribution >= 0.6 is 11.6 Å². The molecule has 1 aromatic heterocycles. The second-order valence-corrected chi connectivity index (χ2v) is 5.51. The molecule has 20 heavy (non-hydrogen) atoms. The molecule has 2 rings (SSSR count). The maximum atomic E-state index is 6.27. The Morgan fingerprint density at radius 1 is 1.35 bits per heavy atom. The van der Waals surface area contributed by atoms with Crippen molar-refractivity contribution >= 4 is 11.6 Å². The van der Waals surface area contributed by atoms with Gasteiger partial charge in [-0.05, 0) is 51.4 Å². The van der Waals surface area contributed by atoms with Gasteiger partial charge in [0, 0.05) is 0 Å². The van der Waals surface area contributed by atoms with Gasteiger partial charge in [0.05, 0.1) is 22.4 Å². The zero-order valence-corrected chi connectivity index (χ0v) is 13.2. The van der Waals surface area contributed by atoms with E-state index in [1.54, 1.807) is 0 Å². The third-order valence-corrected chi connectivity index (χ3v) is 3.69. The highest BCUT2D eigenvalue weighted by Crippen LogP contribution is 2.24. The number of aromatic nitrogens is 3. The van der Waals surface area contributed by atoms with Crippen LogP contribution in [0.3, 0.4) is 0 Å². The summed E-state index contributed by atoms with van der Waals surface area (Å²) in [4.78, 5) is 0. The Morgan fingerprint density at radius 3 is 2.80 bits per heavy atom. The number of benzene rings is 1. The Kier molecular flexibility index (Phi) is 4.78. The third kappa shape index (κ3) is 3.02. The van der Waals surface area contributed by atoms with Crippen molar-refractivity contribution in [1.29, 1.82) is 0 Å². The number of hydrogen-bond donors (Lipinski definition) is 1. The monoisotopic (exact) mass is 292 g/mol. The first-order chi connectivity index (χ1) is 9.54. The zero-order valence-electron chi connectivity index (χ0n) is 12.4. The third-order valence-electron chi connectivity index (χ3n) is 3.37. The minimum Gasteiger partial charge on any atom is -0.309 e. The molecule has 1 unspecified atom stereocenters. The molecule has 0 amide bonds. The van der Waals surface area contributed by atoms with Gasteiger partial charge in [-0.25, -0.2) is 4.68 Å². The molecule has 1 N–H and O–H groups in total. The lowest BCUT2D eigenvalue weighted by atomic mass is 10.2. The van der Waals surface area contributed by atoms with Crippen molar-refractivity contribution in [2.75, 3.05) is 6.54 Å². The summed E-state index contributed by atoms with van der Waals surface area (Å²) in [6, 6.07) is 6.10. The van der Waals surface area contributed by atoms with E-state index in [1.807, 2.05) is 36.7 Å². The van der Waals surface area contributed by atoms with E-state index in [4.69, 9.17) is 11.6 Å². The van der Waals surface area contributed by atoms with E-state index >= 15 is 0 Å². The van der Waals surface area contributed by atoms with Crippen LogP contribution in [0, 0.1) is 13.8 Å². The summed E-state index contributed by atoms with van der Waals surface area (Å²) < 4.78 is 1.81. The number of nitrogens with zero attached hydrogens (tertiary/aromatic N) is 3. The molecule has 0 aliphatic carbocycles. The lowest BCUT2D eigenvalue weighted by Crippen LogP contribution is -2.20. The van der Waals surface area contributed by atoms with Gasteiger partial charge in [-0.2, -0.15) is 0 Å². The van der Waals surface area contributed by atoms with Crippen LogP contribution in [0.15, 0.2) is 18.2 Å². The second kappa shape index (κ2) is 6.37. The van der Waals surface area contributed by atoms with Gasteiger partial charge in [0.25, 0.3) is 0 Å². The van der Waals surface area contributed by atoms with Gasteiger partial charge in [0.15, 0.2) is 0 Å². The smallest absolute Gasteiger partial charge is 0.103 e. The number of aryl methyl sites for hydroxylation is 1. The van der Waals surface area contributed by atoms with E-state index in [0.717, 1.165) is 35.6 Å². The van der Waals surface area contributed by atoms with Crippen LogP contribution in [0.2, 0.25) is 5.02 Å². The van der Waals surface area contributed by atoms with Crippen LogP contribution in [0.1, 0.15) is 43.3 Å². The molecule has 5 heteroatoms. The van der Waals surface area contributed by atoms with Crippen LogP contribution in [-0.2, 0) is 0 Å². The largest absolute Gasteiger partial charge is 0.309 e. The molecule has 0 aliphatic rings. The van der Waals surface area contributed by atoms with Gasteiger partial charge in [-0.1, -0.05) is 29.8 Å². The van der Waals surface area contributed by atoms with E-state index in [2.05, 4.69) is 29.5 Å². The highest BCUT2D eigenvalue weighted by Gasteiger charge is 2.17. The van der Waals surface area contributed by atoms with Crippen molar-refractivity contribution < 1.29 is 0 Å². The van der Waals surface area contributed by atoms with Crippen molar-refractivity contribution in [2.24, 2.45) is 0 Å². The topological polar surface area (TPSA) is 42.7 Å². The highest BCUT2D eigenvalue weighted by molar-refractivity contribution is 6.32. The molecule has 0 saturated heterocycles. The van der Waals surface area contributed by atoms with E-state index in [9.17, 15) is 0 Å². The summed E-state index contributed by atoms with van der Waals surface area (Å²) in [6.45, 7) is 9.29. The van der Waals surface area contributed by atoms with Gasteiger partial charge in [-0.15, -0.1) is 5.10 Å². The lowest BCUT2D eigenvalue weighted by molar-refractivity contribution is 0.555. The van der Waals surface area contributed by atoms with Crippen LogP contribution in [-0.4, -0.2) is 21.5 Å². The number of nitrogens with one attached hydrogen (secondary N) is 1. The maximum Gasteiger partial charge on any atom is 0.103 e. The van der Waals surface area contributed by atoms with Gasteiger partial charge in [-0.3, -0.25) is 0 Å². The van der Waals surface area contributed by atoms with E-state index in [1.165, 1.54) is 0 Å². The van der Waals surface area contributed by atoms with Crippen LogP contribution in [0.25, 0.3) is 5.69 Å². The molecule has 2 aromatic rings. The normalized spacial score (nSPS) is 12.7. The molecule has 0 bridgehead atoms. The minimum absolute atomic E-state index is 0.187. The molecular weight excluding hydrogens is 272 g/mol. The standard InChI is InChI=1S/C15H21ClN4/c1-5-8-17-11(3)15-12(4)20(19-18-15)14-9-10(2)6-7-13(14)16/h6-7,9,11,17H,5,8H2,1-4H3. The molecule has 0 radical (unpaired) electrons. The van der Waals surface area contributed by atoms with Crippen LogP contribution < -0.4 is 5.32 Å². The van der Waals surface area contributed by atoms with Gasteiger partial charge >= 0.3 is 0 Å². The number of hydrogen-bond acceptors (Lipinski definition) is 3. The zero-order chi connectivity index (χ0) is 14.7. The molecule has 0 fully saturated rings. The van der Waals surface area contributed by atoms with Crippen molar-refractivity contribution in [3.05, 3.63) is 40.2 Å². The van der Waals surface area contributed by atoms with E-state index in [-0.39, 0.29) is 6.04 Å². The predicted molar refractivity (Wildman–Crippen MR) is 82.6 cm³/mol. The summed E-state index contributed by atoms with van der Waals surface area (Å²) in [5.41, 5.74) is 4.02. The molecule has 4 nitrogen and oxygen atoms in total. The van der Waals surface area contributed by atoms with Crippen molar-refractivity contribution in [3.8, 4) is 5.69 Å². The fraction of sp³-hybridized carbons (Fsp3) is 0.467. The first-order valence-corrected chi connectivity index (χ1v) is 7.34. The molecule has 0 saturated carbocycles. The van der Waals surface area contributed by atoms with Gasteiger partial charge in [0.1, 0.15) is 5.69 Å². The molecule has 108 valence electrons. The Labute approximate surface area is 125 Å². The second-order valence-electron chi connectivity index (χ2n) is 5.10. The Morgan fingerprint density at radius 2 is 2.10 bits per heavy atom. The fourth-order valence-electron chi connectivity index (χ4n) is 2.21. The lowest BCUT2D eigenvalue weighted by Gasteiger charge is -2.12. The van der Waals surface area contributed by atoms with Crippen molar-refractivity contribution in [2.45, 2.75) is 40.2 Å². The highest BCUT2D eigenvalue weighted by atomic mass is 35.5. The van der Waals surface area contributed by atoms with E-state index in [0.29, 0.717) is 5.02 Å². The summed E-state index contributed by atoms with van der Waals surface area (Å²) in [6.07, 6.45) is 1.10. The average molecular weight is 293 g/mol. The number of halogens is 1. The molecule has 1 atom stereocenters.